The Hall–Kier alpha value is -4.98. The highest BCUT2D eigenvalue weighted by Gasteiger charge is 2.30. The largest absolute Gasteiger partial charge is 0.497 e. The number of benzene rings is 4. The molecule has 0 bridgehead atoms. The molecule has 0 aromatic heterocycles. The molecule has 1 radical (unpaired) electrons. The van der Waals surface area contributed by atoms with Gasteiger partial charge < -0.3 is 29.6 Å². The van der Waals surface area contributed by atoms with Gasteiger partial charge in [-0.3, -0.25) is 4.79 Å². The maximum atomic E-state index is 13.3. The molecule has 0 aliphatic heterocycles. The van der Waals surface area contributed by atoms with Crippen LogP contribution in [0.2, 0.25) is 0 Å². The zero-order valence-electron chi connectivity index (χ0n) is 22.9. The molecule has 4 aromatic carbocycles. The maximum Gasteiger partial charge on any atom is 0.407 e. The van der Waals surface area contributed by atoms with Gasteiger partial charge in [-0.2, -0.15) is 0 Å². The monoisotopic (exact) mass is 551 g/mol. The van der Waals surface area contributed by atoms with Crippen LogP contribution in [0.1, 0.15) is 34.2 Å². The third-order valence-electron chi connectivity index (χ3n) is 7.14. The summed E-state index contributed by atoms with van der Waals surface area (Å²) in [7, 11) is 6.48. The van der Waals surface area contributed by atoms with Crippen LogP contribution >= 0.6 is 0 Å². The lowest BCUT2D eigenvalue weighted by atomic mass is 9.97. The Morgan fingerprint density at radius 2 is 1.46 bits per heavy atom. The Kier molecular flexibility index (Phi) is 8.39. The van der Waals surface area contributed by atoms with Crippen molar-refractivity contribution >= 4 is 12.0 Å². The Balaban J connectivity index is 1.37. The van der Waals surface area contributed by atoms with E-state index in [2.05, 4.69) is 41.9 Å². The van der Waals surface area contributed by atoms with Gasteiger partial charge in [-0.15, -0.1) is 0 Å². The quantitative estimate of drug-likeness (QED) is 0.266. The van der Waals surface area contributed by atoms with Crippen LogP contribution in [-0.4, -0.2) is 39.4 Å². The van der Waals surface area contributed by atoms with Crippen LogP contribution in [-0.2, 0) is 9.53 Å². The van der Waals surface area contributed by atoms with Crippen LogP contribution in [0.25, 0.3) is 11.1 Å². The first-order chi connectivity index (χ1) is 20.0. The molecule has 8 heteroatoms. The molecule has 5 rings (SSSR count). The Labute approximate surface area is 239 Å². The molecular weight excluding hydrogens is 520 g/mol. The van der Waals surface area contributed by atoms with Gasteiger partial charge in [0.05, 0.1) is 20.3 Å². The topological polar surface area (TPSA) is 95.1 Å². The highest BCUT2D eigenvalue weighted by Crippen LogP contribution is 2.44. The van der Waals surface area contributed by atoms with Crippen molar-refractivity contribution in [3.63, 3.8) is 0 Å². The number of methoxy groups -OCH3 is 2. The molecule has 4 aromatic rings. The molecule has 41 heavy (non-hydrogen) atoms. The number of ether oxygens (including phenoxy) is 4. The molecule has 209 valence electrons. The summed E-state index contributed by atoms with van der Waals surface area (Å²) in [6, 6.07) is 28.3. The standard InChI is InChI=1S/C33H31N2O6/c1-34-31(36)20-40-22-14-12-21(13-15-22)32(28-17-16-23(38-2)18-30(28)39-3)35-33(37)41-19-29-26-10-6-4-8-24(26)25-9-5-7-11-27(25)29/h4-18,29,32H,1,19-20H2,2-3H3,(H,34,36)(H,35,37). The second-order valence-electron chi connectivity index (χ2n) is 9.47. The lowest BCUT2D eigenvalue weighted by Gasteiger charge is -2.23. The number of rotatable bonds is 10. The van der Waals surface area contributed by atoms with E-state index in [0.717, 1.165) is 27.8 Å². The third-order valence-corrected chi connectivity index (χ3v) is 7.14. The Morgan fingerprint density at radius 1 is 0.829 bits per heavy atom. The van der Waals surface area contributed by atoms with Crippen molar-refractivity contribution in [2.75, 3.05) is 27.4 Å². The fourth-order valence-corrected chi connectivity index (χ4v) is 5.11. The van der Waals surface area contributed by atoms with Gasteiger partial charge in [0, 0.05) is 24.6 Å². The first kappa shape index (κ1) is 27.6. The summed E-state index contributed by atoms with van der Waals surface area (Å²) in [4.78, 5) is 24.8. The fraction of sp³-hybridized carbons (Fsp3) is 0.182. The number of hydrogen-bond acceptors (Lipinski definition) is 6. The number of fused-ring (bicyclic) bond motifs is 3. The molecule has 2 amide bonds. The summed E-state index contributed by atoms with van der Waals surface area (Å²) in [6.07, 6.45) is -0.567. The zero-order chi connectivity index (χ0) is 28.8. The van der Waals surface area contributed by atoms with Crippen molar-refractivity contribution in [3.8, 4) is 28.4 Å². The normalized spacial score (nSPS) is 12.5. The number of amides is 2. The summed E-state index contributed by atoms with van der Waals surface area (Å²) in [5.74, 6) is 1.26. The summed E-state index contributed by atoms with van der Waals surface area (Å²) in [5.41, 5.74) is 6.07. The first-order valence-corrected chi connectivity index (χ1v) is 13.1. The van der Waals surface area contributed by atoms with Gasteiger partial charge in [0.15, 0.2) is 6.61 Å². The third kappa shape index (κ3) is 5.96. The van der Waals surface area contributed by atoms with E-state index in [0.29, 0.717) is 22.8 Å². The Morgan fingerprint density at radius 3 is 2.07 bits per heavy atom. The Bertz CT molecular complexity index is 1490. The second kappa shape index (κ2) is 12.5. The molecule has 1 atom stereocenters. The van der Waals surface area contributed by atoms with Gasteiger partial charge in [-0.05, 0) is 52.1 Å². The van der Waals surface area contributed by atoms with E-state index in [4.69, 9.17) is 18.9 Å². The smallest absolute Gasteiger partial charge is 0.407 e. The van der Waals surface area contributed by atoms with E-state index in [1.165, 1.54) is 0 Å². The van der Waals surface area contributed by atoms with Crippen LogP contribution in [0, 0.1) is 7.05 Å². The van der Waals surface area contributed by atoms with E-state index in [-0.39, 0.29) is 25.0 Å². The van der Waals surface area contributed by atoms with Crippen molar-refractivity contribution in [3.05, 3.63) is 120 Å². The van der Waals surface area contributed by atoms with Crippen LogP contribution in [0.15, 0.2) is 91.0 Å². The molecule has 1 aliphatic carbocycles. The minimum absolute atomic E-state index is 0.0610. The molecular formula is C33H31N2O6. The van der Waals surface area contributed by atoms with Gasteiger partial charge in [0.25, 0.3) is 5.91 Å². The van der Waals surface area contributed by atoms with E-state index in [9.17, 15) is 9.59 Å². The minimum Gasteiger partial charge on any atom is -0.497 e. The van der Waals surface area contributed by atoms with Crippen molar-refractivity contribution < 1.29 is 28.5 Å². The zero-order valence-corrected chi connectivity index (χ0v) is 22.9. The SMILES string of the molecule is [CH2]NC(=O)COc1ccc(C(NC(=O)OCC2c3ccccc3-c3ccccc32)c2ccc(OC)cc2OC)cc1. The average molecular weight is 552 g/mol. The van der Waals surface area contributed by atoms with Gasteiger partial charge in [0.1, 0.15) is 23.9 Å². The fourth-order valence-electron chi connectivity index (χ4n) is 5.11. The molecule has 2 N–H and O–H groups in total. The number of hydrogen-bond donors (Lipinski definition) is 2. The highest BCUT2D eigenvalue weighted by molar-refractivity contribution is 5.79. The summed E-state index contributed by atoms with van der Waals surface area (Å²) in [6.45, 7) is 0.0318. The molecule has 1 aliphatic rings. The summed E-state index contributed by atoms with van der Waals surface area (Å²) in [5, 5.41) is 5.29. The molecule has 1 unspecified atom stereocenters. The number of carbonyl (C=O) groups is 2. The van der Waals surface area contributed by atoms with Crippen LogP contribution in [0.4, 0.5) is 4.79 Å². The lowest BCUT2D eigenvalue weighted by molar-refractivity contribution is -0.122. The number of carbonyl (C=O) groups excluding carboxylic acids is 2. The molecule has 0 heterocycles. The van der Waals surface area contributed by atoms with E-state index >= 15 is 0 Å². The van der Waals surface area contributed by atoms with E-state index in [1.54, 1.807) is 38.5 Å². The first-order valence-electron chi connectivity index (χ1n) is 13.1. The van der Waals surface area contributed by atoms with E-state index < -0.39 is 12.1 Å². The highest BCUT2D eigenvalue weighted by atomic mass is 16.5. The van der Waals surface area contributed by atoms with Crippen LogP contribution < -0.4 is 24.8 Å². The summed E-state index contributed by atoms with van der Waals surface area (Å²) >= 11 is 0. The second-order valence-corrected chi connectivity index (χ2v) is 9.47. The van der Waals surface area contributed by atoms with Crippen LogP contribution in [0.5, 0.6) is 17.2 Å². The molecule has 0 saturated heterocycles. The van der Waals surface area contributed by atoms with Crippen molar-refractivity contribution in [1.29, 1.82) is 0 Å². The molecule has 0 spiro atoms. The minimum atomic E-state index is -0.608. The van der Waals surface area contributed by atoms with E-state index in [1.807, 2.05) is 42.5 Å². The molecule has 0 saturated carbocycles. The lowest BCUT2D eigenvalue weighted by Crippen LogP contribution is -2.31. The number of alkyl carbamates (subject to hydrolysis) is 1. The summed E-state index contributed by atoms with van der Waals surface area (Å²) < 4.78 is 22.3. The van der Waals surface area contributed by atoms with Crippen LogP contribution in [0.3, 0.4) is 0 Å². The predicted molar refractivity (Wildman–Crippen MR) is 155 cm³/mol. The number of nitrogens with one attached hydrogen (secondary N) is 2. The average Bonchev–Trinajstić information content (AvgIpc) is 3.35. The van der Waals surface area contributed by atoms with Crippen molar-refractivity contribution in [2.45, 2.75) is 12.0 Å². The molecule has 8 nitrogen and oxygen atoms in total. The maximum absolute atomic E-state index is 13.3. The van der Waals surface area contributed by atoms with Gasteiger partial charge in [0.2, 0.25) is 0 Å². The van der Waals surface area contributed by atoms with Crippen molar-refractivity contribution in [1.82, 2.24) is 10.6 Å². The molecule has 0 fully saturated rings. The van der Waals surface area contributed by atoms with Crippen molar-refractivity contribution in [2.24, 2.45) is 0 Å². The van der Waals surface area contributed by atoms with Gasteiger partial charge in [-0.1, -0.05) is 60.7 Å². The van der Waals surface area contributed by atoms with Gasteiger partial charge >= 0.3 is 6.09 Å². The predicted octanol–water partition coefficient (Wildman–Crippen LogP) is 5.62. The van der Waals surface area contributed by atoms with Gasteiger partial charge in [-0.25, -0.2) is 4.79 Å².